The van der Waals surface area contributed by atoms with Crippen LogP contribution in [0.4, 0.5) is 0 Å². The maximum Gasteiger partial charge on any atom is 0.229 e. The fraction of sp³-hybridized carbons (Fsp3) is 0.654. The van der Waals surface area contributed by atoms with Crippen molar-refractivity contribution >= 4 is 5.91 Å². The van der Waals surface area contributed by atoms with Gasteiger partial charge in [-0.15, -0.1) is 0 Å². The highest BCUT2D eigenvalue weighted by atomic mass is 16.2. The van der Waals surface area contributed by atoms with Crippen molar-refractivity contribution < 1.29 is 4.79 Å². The molecule has 0 spiro atoms. The van der Waals surface area contributed by atoms with Gasteiger partial charge in [-0.05, 0) is 80.1 Å². The molecule has 152 valence electrons. The number of amides is 1. The van der Waals surface area contributed by atoms with Crippen molar-refractivity contribution in [3.8, 4) is 0 Å². The average molecular weight is 380 g/mol. The molecule has 28 heavy (non-hydrogen) atoms. The van der Waals surface area contributed by atoms with Crippen LogP contribution in [0.1, 0.15) is 90.5 Å². The zero-order chi connectivity index (χ0) is 19.8. The lowest BCUT2D eigenvalue weighted by molar-refractivity contribution is -0.136. The van der Waals surface area contributed by atoms with Crippen LogP contribution in [0.3, 0.4) is 0 Å². The summed E-state index contributed by atoms with van der Waals surface area (Å²) in [4.78, 5) is 13.4. The summed E-state index contributed by atoms with van der Waals surface area (Å²) in [6.07, 6.45) is 13.9. The molecule has 0 aliphatic heterocycles. The summed E-state index contributed by atoms with van der Waals surface area (Å²) in [5.41, 5.74) is 3.08. The van der Waals surface area contributed by atoms with E-state index >= 15 is 0 Å². The Morgan fingerprint density at radius 1 is 0.964 bits per heavy atom. The molecule has 2 nitrogen and oxygen atoms in total. The minimum Gasteiger partial charge on any atom is -0.332 e. The van der Waals surface area contributed by atoms with Crippen LogP contribution in [0.25, 0.3) is 0 Å². The minimum atomic E-state index is -0.277. The molecule has 3 aliphatic carbocycles. The summed E-state index contributed by atoms with van der Waals surface area (Å²) in [5, 5.41) is 3.24. The maximum absolute atomic E-state index is 13.4. The molecular weight excluding hydrogens is 342 g/mol. The average Bonchev–Trinajstić information content (AvgIpc) is 2.65. The van der Waals surface area contributed by atoms with Gasteiger partial charge in [0, 0.05) is 11.6 Å². The predicted octanol–water partition coefficient (Wildman–Crippen LogP) is 6.52. The summed E-state index contributed by atoms with van der Waals surface area (Å²) in [6.45, 7) is 7.07. The third-order valence-electron chi connectivity index (χ3n) is 7.64. The van der Waals surface area contributed by atoms with Crippen molar-refractivity contribution in [2.24, 2.45) is 16.7 Å². The molecule has 3 aliphatic rings. The van der Waals surface area contributed by atoms with Crippen molar-refractivity contribution in [2.45, 2.75) is 90.4 Å². The molecule has 1 aromatic rings. The number of carbonyl (C=O) groups is 1. The molecule has 1 N–H and O–H groups in total. The van der Waals surface area contributed by atoms with Gasteiger partial charge >= 0.3 is 0 Å². The highest BCUT2D eigenvalue weighted by molar-refractivity contribution is 5.83. The summed E-state index contributed by atoms with van der Waals surface area (Å²) >= 11 is 0. The fourth-order valence-electron chi connectivity index (χ4n) is 6.98. The van der Waals surface area contributed by atoms with Gasteiger partial charge in [0.2, 0.25) is 5.91 Å². The van der Waals surface area contributed by atoms with Gasteiger partial charge in [0.15, 0.2) is 0 Å². The van der Waals surface area contributed by atoms with Crippen molar-refractivity contribution in [1.82, 2.24) is 5.32 Å². The van der Waals surface area contributed by atoms with Gasteiger partial charge in [-0.2, -0.15) is 0 Å². The second-order valence-electron chi connectivity index (χ2n) is 11.0. The molecular formula is C26H37NO. The predicted molar refractivity (Wildman–Crippen MR) is 116 cm³/mol. The standard InChI is InChI=1S/C26H37NO/c1-24(2)14-21-15-25(3,23(28)27-17-20-10-6-4-7-11-20)19-26(16-21,18-24)22-12-8-5-9-13-22/h5,8-9,12-13,17,21H,4,6-7,10-11,14-16,18-19H2,1-3H3,(H,27,28). The zero-order valence-corrected chi connectivity index (χ0v) is 18.0. The summed E-state index contributed by atoms with van der Waals surface area (Å²) < 4.78 is 0. The lowest BCUT2D eigenvalue weighted by Crippen LogP contribution is -2.53. The molecule has 3 fully saturated rings. The van der Waals surface area contributed by atoms with Crippen molar-refractivity contribution in [3.05, 3.63) is 47.7 Å². The number of carbonyl (C=O) groups excluding carboxylic acids is 1. The number of hydrogen-bond donors (Lipinski definition) is 1. The molecule has 0 saturated heterocycles. The summed E-state index contributed by atoms with van der Waals surface area (Å²) in [7, 11) is 0. The van der Waals surface area contributed by atoms with Crippen LogP contribution in [0.5, 0.6) is 0 Å². The van der Waals surface area contributed by atoms with E-state index in [1.807, 2.05) is 0 Å². The van der Waals surface area contributed by atoms with Gasteiger partial charge in [-0.3, -0.25) is 4.79 Å². The third-order valence-corrected chi connectivity index (χ3v) is 7.64. The molecule has 0 aromatic heterocycles. The molecule has 1 amide bonds. The number of allylic oxidation sites excluding steroid dienone is 1. The fourth-order valence-corrected chi connectivity index (χ4v) is 6.98. The first-order valence-electron chi connectivity index (χ1n) is 11.3. The zero-order valence-electron chi connectivity index (χ0n) is 18.0. The monoisotopic (exact) mass is 379 g/mol. The number of nitrogens with one attached hydrogen (secondary N) is 1. The Morgan fingerprint density at radius 3 is 2.39 bits per heavy atom. The first-order chi connectivity index (χ1) is 13.3. The smallest absolute Gasteiger partial charge is 0.229 e. The number of hydrogen-bond acceptors (Lipinski definition) is 1. The molecule has 2 heteroatoms. The molecule has 4 rings (SSSR count). The highest BCUT2D eigenvalue weighted by Gasteiger charge is 2.55. The van der Waals surface area contributed by atoms with E-state index in [1.54, 1.807) is 0 Å². The van der Waals surface area contributed by atoms with E-state index in [2.05, 4.69) is 62.6 Å². The first-order valence-corrected chi connectivity index (χ1v) is 11.3. The molecule has 3 saturated carbocycles. The first kappa shape index (κ1) is 19.7. The largest absolute Gasteiger partial charge is 0.332 e. The quantitative estimate of drug-likeness (QED) is 0.637. The van der Waals surface area contributed by atoms with E-state index in [1.165, 1.54) is 49.7 Å². The molecule has 1 aromatic carbocycles. The lowest BCUT2D eigenvalue weighted by atomic mass is 9.47. The van der Waals surface area contributed by atoms with E-state index in [0.29, 0.717) is 11.3 Å². The number of rotatable bonds is 3. The van der Waals surface area contributed by atoms with Crippen LogP contribution < -0.4 is 5.32 Å². The van der Waals surface area contributed by atoms with Crippen LogP contribution in [0, 0.1) is 16.7 Å². The van der Waals surface area contributed by atoms with E-state index in [0.717, 1.165) is 25.7 Å². The molecule has 3 atom stereocenters. The van der Waals surface area contributed by atoms with Crippen LogP contribution >= 0.6 is 0 Å². The SMILES string of the molecule is CC1(C)CC2CC(C)(C(=O)NC=C3CCCCC3)CC(c3ccccc3)(C2)C1. The van der Waals surface area contributed by atoms with E-state index in [4.69, 9.17) is 0 Å². The van der Waals surface area contributed by atoms with Gasteiger partial charge in [0.1, 0.15) is 0 Å². The minimum absolute atomic E-state index is 0.135. The lowest BCUT2D eigenvalue weighted by Gasteiger charge is -2.57. The second-order valence-corrected chi connectivity index (χ2v) is 11.0. The Balaban J connectivity index is 1.59. The van der Waals surface area contributed by atoms with Gasteiger partial charge < -0.3 is 5.32 Å². The van der Waals surface area contributed by atoms with E-state index in [9.17, 15) is 4.79 Å². The van der Waals surface area contributed by atoms with Crippen LogP contribution in [-0.2, 0) is 10.2 Å². The highest BCUT2D eigenvalue weighted by Crippen LogP contribution is 2.61. The number of fused-ring (bicyclic) bond motifs is 2. The Kier molecular flexibility index (Phi) is 5.18. The van der Waals surface area contributed by atoms with Crippen molar-refractivity contribution in [2.75, 3.05) is 0 Å². The third kappa shape index (κ3) is 3.93. The molecule has 3 unspecified atom stereocenters. The molecule has 0 heterocycles. The molecule has 2 bridgehead atoms. The number of benzene rings is 1. The Bertz CT molecular complexity index is 741. The summed E-state index contributed by atoms with van der Waals surface area (Å²) in [6, 6.07) is 11.0. The van der Waals surface area contributed by atoms with Crippen LogP contribution in [0.2, 0.25) is 0 Å². The van der Waals surface area contributed by atoms with Crippen LogP contribution in [0.15, 0.2) is 42.1 Å². The van der Waals surface area contributed by atoms with Gasteiger partial charge in [-0.1, -0.05) is 63.1 Å². The molecule has 0 radical (unpaired) electrons. The maximum atomic E-state index is 13.4. The summed E-state index contributed by atoms with van der Waals surface area (Å²) in [5.74, 6) is 0.881. The van der Waals surface area contributed by atoms with Gasteiger partial charge in [0.25, 0.3) is 0 Å². The van der Waals surface area contributed by atoms with Crippen LogP contribution in [-0.4, -0.2) is 5.91 Å². The van der Waals surface area contributed by atoms with E-state index < -0.39 is 0 Å². The van der Waals surface area contributed by atoms with Gasteiger partial charge in [0.05, 0.1) is 0 Å². The van der Waals surface area contributed by atoms with E-state index in [-0.39, 0.29) is 16.7 Å². The Hall–Kier alpha value is -1.57. The second kappa shape index (κ2) is 7.35. The Morgan fingerprint density at radius 2 is 1.68 bits per heavy atom. The topological polar surface area (TPSA) is 29.1 Å². The Labute approximate surface area is 171 Å². The van der Waals surface area contributed by atoms with Gasteiger partial charge in [-0.25, -0.2) is 0 Å². The normalized spacial score (nSPS) is 34.5. The van der Waals surface area contributed by atoms with Crippen molar-refractivity contribution in [3.63, 3.8) is 0 Å². The van der Waals surface area contributed by atoms with Crippen molar-refractivity contribution in [1.29, 1.82) is 0 Å².